The first-order chi connectivity index (χ1) is 10.2. The van der Waals surface area contributed by atoms with E-state index in [1.807, 2.05) is 24.3 Å². The number of esters is 1. The molecular formula is C15H11ClN2O3. The van der Waals surface area contributed by atoms with Crippen molar-refractivity contribution in [2.24, 2.45) is 0 Å². The van der Waals surface area contributed by atoms with Crippen LogP contribution in [0.3, 0.4) is 0 Å². The Morgan fingerprint density at radius 3 is 2.95 bits per heavy atom. The van der Waals surface area contributed by atoms with Gasteiger partial charge in [-0.3, -0.25) is 4.98 Å². The number of methoxy groups -OCH3 is 1. The molecular weight excluding hydrogens is 292 g/mol. The average molecular weight is 303 g/mol. The van der Waals surface area contributed by atoms with Crippen molar-refractivity contribution in [3.63, 3.8) is 0 Å². The topological polar surface area (TPSA) is 65.2 Å². The maximum absolute atomic E-state index is 11.3. The van der Waals surface area contributed by atoms with Crippen LogP contribution in [0.15, 0.2) is 41.1 Å². The molecule has 0 spiro atoms. The molecule has 106 valence electrons. The van der Waals surface area contributed by atoms with Crippen molar-refractivity contribution in [1.82, 2.24) is 9.97 Å². The summed E-state index contributed by atoms with van der Waals surface area (Å²) in [5.74, 6) is 0.00554. The fourth-order valence-corrected chi connectivity index (χ4v) is 2.19. The van der Waals surface area contributed by atoms with E-state index in [0.29, 0.717) is 17.3 Å². The third-order valence-corrected chi connectivity index (χ3v) is 3.21. The van der Waals surface area contributed by atoms with Gasteiger partial charge in [-0.05, 0) is 23.8 Å². The molecule has 2 aromatic heterocycles. The molecule has 5 nitrogen and oxygen atoms in total. The largest absolute Gasteiger partial charge is 0.463 e. The van der Waals surface area contributed by atoms with Crippen LogP contribution in [-0.2, 0) is 11.2 Å². The van der Waals surface area contributed by atoms with Crippen LogP contribution in [-0.4, -0.2) is 23.0 Å². The first kappa shape index (κ1) is 13.6. The summed E-state index contributed by atoms with van der Waals surface area (Å²) in [6.07, 6.45) is 3.44. The summed E-state index contributed by atoms with van der Waals surface area (Å²) >= 11 is 5.94. The van der Waals surface area contributed by atoms with E-state index in [-0.39, 0.29) is 5.76 Å². The second kappa shape index (κ2) is 5.54. The van der Waals surface area contributed by atoms with Gasteiger partial charge in [0.15, 0.2) is 5.89 Å². The van der Waals surface area contributed by atoms with Gasteiger partial charge >= 0.3 is 5.97 Å². The number of hydrogen-bond donors (Lipinski definition) is 0. The zero-order valence-corrected chi connectivity index (χ0v) is 11.9. The number of fused-ring (bicyclic) bond motifs is 1. The fourth-order valence-electron chi connectivity index (χ4n) is 2.03. The lowest BCUT2D eigenvalue weighted by molar-refractivity contribution is 0.0563. The second-order valence-electron chi connectivity index (χ2n) is 4.47. The molecule has 3 aromatic rings. The molecule has 0 bridgehead atoms. The number of rotatable bonds is 3. The highest BCUT2D eigenvalue weighted by molar-refractivity contribution is 6.31. The van der Waals surface area contributed by atoms with E-state index in [1.165, 1.54) is 13.3 Å². The van der Waals surface area contributed by atoms with E-state index in [1.54, 1.807) is 6.20 Å². The van der Waals surface area contributed by atoms with Crippen molar-refractivity contribution < 1.29 is 13.9 Å². The zero-order valence-electron chi connectivity index (χ0n) is 11.2. The highest BCUT2D eigenvalue weighted by Crippen LogP contribution is 2.20. The van der Waals surface area contributed by atoms with Crippen molar-refractivity contribution in [2.75, 3.05) is 7.11 Å². The summed E-state index contributed by atoms with van der Waals surface area (Å²) < 4.78 is 9.92. The van der Waals surface area contributed by atoms with Crippen molar-refractivity contribution in [1.29, 1.82) is 0 Å². The van der Waals surface area contributed by atoms with E-state index in [2.05, 4.69) is 14.7 Å². The molecule has 0 atom stereocenters. The van der Waals surface area contributed by atoms with Gasteiger partial charge in [-0.25, -0.2) is 9.78 Å². The van der Waals surface area contributed by atoms with Crippen molar-refractivity contribution >= 4 is 28.5 Å². The van der Waals surface area contributed by atoms with Gasteiger partial charge in [0.05, 0.1) is 23.8 Å². The number of carbonyl (C=O) groups excluding carboxylic acids is 1. The molecule has 0 aliphatic carbocycles. The number of halogens is 1. The molecule has 0 saturated heterocycles. The Morgan fingerprint density at radius 1 is 1.29 bits per heavy atom. The van der Waals surface area contributed by atoms with Crippen LogP contribution in [0, 0.1) is 0 Å². The molecule has 0 unspecified atom stereocenters. The SMILES string of the molecule is COC(=O)c1cnc(Cc2ccc3ncc(Cl)cc3c2)o1. The summed E-state index contributed by atoms with van der Waals surface area (Å²) in [5.41, 5.74) is 1.86. The van der Waals surface area contributed by atoms with Crippen LogP contribution >= 0.6 is 11.6 Å². The lowest BCUT2D eigenvalue weighted by Crippen LogP contribution is -1.98. The normalized spacial score (nSPS) is 10.8. The highest BCUT2D eigenvalue weighted by Gasteiger charge is 2.13. The molecule has 0 fully saturated rings. The number of nitrogens with zero attached hydrogens (tertiary/aromatic N) is 2. The van der Waals surface area contributed by atoms with E-state index in [0.717, 1.165) is 16.5 Å². The minimum absolute atomic E-state index is 0.0954. The predicted molar refractivity (Wildman–Crippen MR) is 77.4 cm³/mol. The van der Waals surface area contributed by atoms with Gasteiger partial charge in [0.25, 0.3) is 0 Å². The number of aromatic nitrogens is 2. The lowest BCUT2D eigenvalue weighted by Gasteiger charge is -2.01. The van der Waals surface area contributed by atoms with Gasteiger partial charge < -0.3 is 9.15 Å². The monoisotopic (exact) mass is 302 g/mol. The molecule has 1 aromatic carbocycles. The number of carbonyl (C=O) groups is 1. The van der Waals surface area contributed by atoms with Gasteiger partial charge in [-0.2, -0.15) is 0 Å². The van der Waals surface area contributed by atoms with E-state index in [9.17, 15) is 4.79 Å². The highest BCUT2D eigenvalue weighted by atomic mass is 35.5. The van der Waals surface area contributed by atoms with Crippen LogP contribution in [0.2, 0.25) is 5.02 Å². The number of ether oxygens (including phenoxy) is 1. The average Bonchev–Trinajstić information content (AvgIpc) is 2.94. The van der Waals surface area contributed by atoms with Crippen LogP contribution in [0.1, 0.15) is 22.0 Å². The smallest absolute Gasteiger partial charge is 0.375 e. The molecule has 6 heteroatoms. The zero-order chi connectivity index (χ0) is 14.8. The van der Waals surface area contributed by atoms with Crippen LogP contribution in [0.5, 0.6) is 0 Å². The molecule has 0 aliphatic heterocycles. The molecule has 2 heterocycles. The Hall–Kier alpha value is -2.40. The molecule has 0 saturated carbocycles. The maximum Gasteiger partial charge on any atom is 0.375 e. The molecule has 0 aliphatic rings. The lowest BCUT2D eigenvalue weighted by atomic mass is 10.1. The maximum atomic E-state index is 11.3. The van der Waals surface area contributed by atoms with E-state index >= 15 is 0 Å². The Labute approximate surface area is 125 Å². The number of oxazole rings is 1. The molecule has 0 N–H and O–H groups in total. The van der Waals surface area contributed by atoms with Gasteiger partial charge in [-0.1, -0.05) is 17.7 Å². The third-order valence-electron chi connectivity index (χ3n) is 3.01. The van der Waals surface area contributed by atoms with Gasteiger partial charge in [0.2, 0.25) is 5.76 Å². The minimum Gasteiger partial charge on any atom is -0.463 e. The van der Waals surface area contributed by atoms with Gasteiger partial charge in [0, 0.05) is 18.0 Å². The van der Waals surface area contributed by atoms with Crippen LogP contribution < -0.4 is 0 Å². The fraction of sp³-hybridized carbons (Fsp3) is 0.133. The van der Waals surface area contributed by atoms with Gasteiger partial charge in [-0.15, -0.1) is 0 Å². The van der Waals surface area contributed by atoms with Crippen molar-refractivity contribution in [2.45, 2.75) is 6.42 Å². The Bertz CT molecular complexity index is 814. The first-order valence-electron chi connectivity index (χ1n) is 6.23. The van der Waals surface area contributed by atoms with E-state index in [4.69, 9.17) is 16.0 Å². The molecule has 3 rings (SSSR count). The molecule has 21 heavy (non-hydrogen) atoms. The van der Waals surface area contributed by atoms with Crippen LogP contribution in [0.25, 0.3) is 10.9 Å². The van der Waals surface area contributed by atoms with Crippen molar-refractivity contribution in [3.8, 4) is 0 Å². The van der Waals surface area contributed by atoms with Crippen LogP contribution in [0.4, 0.5) is 0 Å². The summed E-state index contributed by atoms with van der Waals surface area (Å²) in [4.78, 5) is 19.6. The van der Waals surface area contributed by atoms with Gasteiger partial charge in [0.1, 0.15) is 0 Å². The minimum atomic E-state index is -0.539. The summed E-state index contributed by atoms with van der Waals surface area (Å²) in [6, 6.07) is 7.66. The summed E-state index contributed by atoms with van der Waals surface area (Å²) in [5, 5.41) is 1.53. The Kier molecular flexibility index (Phi) is 3.58. The number of benzene rings is 1. The van der Waals surface area contributed by atoms with E-state index < -0.39 is 5.97 Å². The standard InChI is InChI=1S/C15H11ClN2O3/c1-20-15(19)13-8-18-14(21-13)5-9-2-3-12-10(4-9)6-11(16)7-17-12/h2-4,6-8H,5H2,1H3. The quantitative estimate of drug-likeness (QED) is 0.695. The first-order valence-corrected chi connectivity index (χ1v) is 6.61. The molecule has 0 amide bonds. The molecule has 0 radical (unpaired) electrons. The Morgan fingerprint density at radius 2 is 2.14 bits per heavy atom. The summed E-state index contributed by atoms with van der Waals surface area (Å²) in [6.45, 7) is 0. The second-order valence-corrected chi connectivity index (χ2v) is 4.90. The number of hydrogen-bond acceptors (Lipinski definition) is 5. The van der Waals surface area contributed by atoms with Crippen molar-refractivity contribution in [3.05, 3.63) is 58.9 Å². The summed E-state index contributed by atoms with van der Waals surface area (Å²) in [7, 11) is 1.30. The predicted octanol–water partition coefficient (Wildman–Crippen LogP) is 3.25. The third kappa shape index (κ3) is 2.87. The Balaban J connectivity index is 1.87. The number of pyridine rings is 1.